The Morgan fingerprint density at radius 3 is 1.93 bits per heavy atom. The van der Waals surface area contributed by atoms with E-state index >= 15 is 0 Å². The minimum atomic E-state index is -1.50. The van der Waals surface area contributed by atoms with Gasteiger partial charge in [-0.15, -0.1) is 0 Å². The summed E-state index contributed by atoms with van der Waals surface area (Å²) in [5.41, 5.74) is 8.77. The van der Waals surface area contributed by atoms with Gasteiger partial charge in [0.15, 0.2) is 0 Å². The molecule has 6 atom stereocenters. The molecule has 55 heavy (non-hydrogen) atoms. The maximum atomic E-state index is 14.3. The molecule has 3 aromatic carbocycles. The molecule has 1 saturated heterocycles. The third kappa shape index (κ3) is 13.2. The maximum Gasteiger partial charge on any atom is 0.416 e. The Morgan fingerprint density at radius 1 is 0.818 bits per heavy atom. The first-order chi connectivity index (χ1) is 26.3. The molecular formula is C43H59N5O7. The van der Waals surface area contributed by atoms with Crippen LogP contribution < -0.4 is 16.4 Å². The molecule has 4 amide bonds. The van der Waals surface area contributed by atoms with Crippen molar-refractivity contribution in [2.45, 2.75) is 90.3 Å². The SMILES string of the molecule is CC(C)[C@H](N)C(=O)N(C(=O)OCC1CCCN(C)C1)C(Cc1ccccc1)C(O)C(Cc1ccccc1)NC(=O)[C@@H](NC(=O)OCc1ccccc1)C(C)C. The summed E-state index contributed by atoms with van der Waals surface area (Å²) in [5.74, 6) is -1.86. The van der Waals surface area contributed by atoms with Gasteiger partial charge in [-0.2, -0.15) is 0 Å². The molecule has 1 heterocycles. The second kappa shape index (κ2) is 21.3. The largest absolute Gasteiger partial charge is 0.449 e. The van der Waals surface area contributed by atoms with E-state index in [2.05, 4.69) is 15.5 Å². The molecule has 0 aromatic heterocycles. The summed E-state index contributed by atoms with van der Waals surface area (Å²) in [6.45, 7) is 8.98. The zero-order chi connectivity index (χ0) is 39.9. The molecule has 1 aliphatic rings. The van der Waals surface area contributed by atoms with Crippen LogP contribution in [0.25, 0.3) is 0 Å². The molecule has 0 radical (unpaired) electrons. The van der Waals surface area contributed by atoms with Crippen molar-refractivity contribution in [3.63, 3.8) is 0 Å². The fourth-order valence-electron chi connectivity index (χ4n) is 6.82. The van der Waals surface area contributed by atoms with Crippen molar-refractivity contribution in [3.05, 3.63) is 108 Å². The molecule has 0 saturated carbocycles. The van der Waals surface area contributed by atoms with Crippen molar-refractivity contribution >= 4 is 24.0 Å². The topological polar surface area (TPSA) is 164 Å². The van der Waals surface area contributed by atoms with Crippen LogP contribution in [0.15, 0.2) is 91.0 Å². The number of likely N-dealkylation sites (tertiary alicyclic amines) is 1. The fraction of sp³-hybridized carbons (Fsp3) is 0.488. The smallest absolute Gasteiger partial charge is 0.416 e. The van der Waals surface area contributed by atoms with E-state index in [1.807, 2.05) is 98.0 Å². The third-order valence-electron chi connectivity index (χ3n) is 10.1. The van der Waals surface area contributed by atoms with E-state index in [-0.39, 0.29) is 43.8 Å². The van der Waals surface area contributed by atoms with Crippen molar-refractivity contribution in [3.8, 4) is 0 Å². The minimum absolute atomic E-state index is 0.0194. The molecule has 12 heteroatoms. The average Bonchev–Trinajstić information content (AvgIpc) is 3.18. The summed E-state index contributed by atoms with van der Waals surface area (Å²) < 4.78 is 11.3. The van der Waals surface area contributed by atoms with Crippen LogP contribution in [0.5, 0.6) is 0 Å². The zero-order valence-corrected chi connectivity index (χ0v) is 32.8. The number of carbonyl (C=O) groups excluding carboxylic acids is 4. The predicted molar refractivity (Wildman–Crippen MR) is 212 cm³/mol. The highest BCUT2D eigenvalue weighted by Crippen LogP contribution is 2.23. The molecule has 4 rings (SSSR count). The van der Waals surface area contributed by atoms with Gasteiger partial charge in [0, 0.05) is 12.5 Å². The van der Waals surface area contributed by atoms with Crippen molar-refractivity contribution in [1.29, 1.82) is 0 Å². The van der Waals surface area contributed by atoms with Gasteiger partial charge in [-0.25, -0.2) is 14.5 Å². The van der Waals surface area contributed by atoms with Gasteiger partial charge < -0.3 is 35.8 Å². The number of piperidine rings is 1. The molecule has 0 spiro atoms. The first-order valence-corrected chi connectivity index (χ1v) is 19.3. The van der Waals surface area contributed by atoms with E-state index in [4.69, 9.17) is 15.2 Å². The van der Waals surface area contributed by atoms with Gasteiger partial charge in [0.1, 0.15) is 12.6 Å². The molecule has 1 aliphatic heterocycles. The molecule has 3 aromatic rings. The van der Waals surface area contributed by atoms with Crippen molar-refractivity contribution in [1.82, 2.24) is 20.4 Å². The highest BCUT2D eigenvalue weighted by atomic mass is 16.6. The van der Waals surface area contributed by atoms with Crippen molar-refractivity contribution in [2.24, 2.45) is 23.5 Å². The highest BCUT2D eigenvalue weighted by Gasteiger charge is 2.43. The average molecular weight is 758 g/mol. The van der Waals surface area contributed by atoms with Crippen molar-refractivity contribution < 1.29 is 33.8 Å². The predicted octanol–water partition coefficient (Wildman–Crippen LogP) is 4.93. The van der Waals surface area contributed by atoms with Gasteiger partial charge in [0.05, 0.1) is 30.8 Å². The minimum Gasteiger partial charge on any atom is -0.449 e. The molecular weight excluding hydrogens is 699 g/mol. The number of carbonyl (C=O) groups is 4. The number of hydrogen-bond acceptors (Lipinski definition) is 9. The normalized spacial score (nSPS) is 17.4. The number of aliphatic hydroxyl groups is 1. The van der Waals surface area contributed by atoms with Gasteiger partial charge in [0.25, 0.3) is 0 Å². The second-order valence-corrected chi connectivity index (χ2v) is 15.3. The van der Waals surface area contributed by atoms with Crippen LogP contribution in [-0.4, -0.2) is 95.9 Å². The Morgan fingerprint density at radius 2 is 1.38 bits per heavy atom. The lowest BCUT2D eigenvalue weighted by atomic mass is 9.90. The highest BCUT2D eigenvalue weighted by molar-refractivity contribution is 5.95. The van der Waals surface area contributed by atoms with E-state index in [0.717, 1.165) is 47.5 Å². The number of nitrogens with one attached hydrogen (secondary N) is 2. The summed E-state index contributed by atoms with van der Waals surface area (Å²) >= 11 is 0. The summed E-state index contributed by atoms with van der Waals surface area (Å²) in [6, 6.07) is 23.4. The standard InChI is InChI=1S/C43H59N5O7/c1-29(2)37(44)41(51)48(43(53)55-28-34-22-15-23-47(5)26-34)36(25-32-18-11-7-12-19-32)39(49)35(24-31-16-9-6-10-17-31)45-40(50)38(30(3)4)46-42(52)54-27-33-20-13-8-14-21-33/h6-14,16-21,29-30,34-39,49H,15,22-28,44H2,1-5H3,(H,45,50)(H,46,52)/t34?,35?,36?,37-,38-,39?/m0/s1. The Balaban J connectivity index is 1.68. The van der Waals surface area contributed by atoms with E-state index in [0.29, 0.717) is 0 Å². The molecule has 5 N–H and O–H groups in total. The van der Waals surface area contributed by atoms with Gasteiger partial charge in [-0.3, -0.25) is 9.59 Å². The first-order valence-electron chi connectivity index (χ1n) is 19.3. The van der Waals surface area contributed by atoms with E-state index in [1.165, 1.54) is 0 Å². The Kier molecular flexibility index (Phi) is 16.7. The molecule has 0 bridgehead atoms. The van der Waals surface area contributed by atoms with Gasteiger partial charge in [-0.05, 0) is 67.8 Å². The van der Waals surface area contributed by atoms with Crippen LogP contribution in [0, 0.1) is 17.8 Å². The lowest BCUT2D eigenvalue weighted by Crippen LogP contribution is -2.63. The summed E-state index contributed by atoms with van der Waals surface area (Å²) in [6.07, 6.45) is -1.13. The Bertz CT molecular complexity index is 1640. The van der Waals surface area contributed by atoms with Gasteiger partial charge in [-0.1, -0.05) is 119 Å². The van der Waals surface area contributed by atoms with Crippen LogP contribution in [0.3, 0.4) is 0 Å². The Hall–Kier alpha value is -4.78. The van der Waals surface area contributed by atoms with Crippen molar-refractivity contribution in [2.75, 3.05) is 26.7 Å². The third-order valence-corrected chi connectivity index (χ3v) is 10.1. The molecule has 4 unspecified atom stereocenters. The van der Waals surface area contributed by atoms with Crippen LogP contribution >= 0.6 is 0 Å². The van der Waals surface area contributed by atoms with Gasteiger partial charge >= 0.3 is 12.2 Å². The lowest BCUT2D eigenvalue weighted by Gasteiger charge is -2.39. The number of nitrogens with zero attached hydrogens (tertiary/aromatic N) is 2. The number of nitrogens with two attached hydrogens (primary N) is 1. The molecule has 12 nitrogen and oxygen atoms in total. The second-order valence-electron chi connectivity index (χ2n) is 15.3. The van der Waals surface area contributed by atoms with Crippen LogP contribution in [0.4, 0.5) is 9.59 Å². The summed E-state index contributed by atoms with van der Waals surface area (Å²) in [5, 5.41) is 18.2. The monoisotopic (exact) mass is 757 g/mol. The quantitative estimate of drug-likeness (QED) is 0.150. The summed E-state index contributed by atoms with van der Waals surface area (Å²) in [4.78, 5) is 58.7. The zero-order valence-electron chi connectivity index (χ0n) is 32.8. The fourth-order valence-corrected chi connectivity index (χ4v) is 6.82. The Labute approximate surface area is 325 Å². The maximum absolute atomic E-state index is 14.3. The van der Waals surface area contributed by atoms with Gasteiger partial charge in [0.2, 0.25) is 11.8 Å². The first kappa shape index (κ1) is 43.0. The molecule has 1 fully saturated rings. The van der Waals surface area contributed by atoms with E-state index in [9.17, 15) is 24.3 Å². The number of hydrogen-bond donors (Lipinski definition) is 4. The number of rotatable bonds is 17. The molecule has 0 aliphatic carbocycles. The number of aliphatic hydroxyl groups excluding tert-OH is 1. The number of imide groups is 1. The van der Waals surface area contributed by atoms with Crippen LogP contribution in [0.1, 0.15) is 57.2 Å². The van der Waals surface area contributed by atoms with Crippen LogP contribution in [-0.2, 0) is 38.5 Å². The van der Waals surface area contributed by atoms with Crippen LogP contribution in [0.2, 0.25) is 0 Å². The number of amides is 4. The number of alkyl carbamates (subject to hydrolysis) is 1. The lowest BCUT2D eigenvalue weighted by molar-refractivity contribution is -0.137. The molecule has 298 valence electrons. The number of benzene rings is 3. The summed E-state index contributed by atoms with van der Waals surface area (Å²) in [7, 11) is 2.02. The van der Waals surface area contributed by atoms with E-state index in [1.54, 1.807) is 27.7 Å². The number of ether oxygens (including phenoxy) is 2. The van der Waals surface area contributed by atoms with E-state index < -0.39 is 54.3 Å².